The average Bonchev–Trinajstić information content (AvgIpc) is 3.02. The number of primary amides is 1. The summed E-state index contributed by atoms with van der Waals surface area (Å²) < 4.78 is 2.45. The number of carbonyl (C=O) groups is 1. The largest absolute Gasteiger partial charge is 0.369 e. The van der Waals surface area contributed by atoms with Gasteiger partial charge in [0.25, 0.3) is 0 Å². The molecule has 0 radical (unpaired) electrons. The molecule has 9 heteroatoms. The zero-order valence-electron chi connectivity index (χ0n) is 15.6. The van der Waals surface area contributed by atoms with Crippen LogP contribution in [0.25, 0.3) is 0 Å². The van der Waals surface area contributed by atoms with Crippen molar-refractivity contribution < 1.29 is 4.79 Å². The van der Waals surface area contributed by atoms with Crippen molar-refractivity contribution in [3.63, 3.8) is 0 Å². The number of amides is 1. The zero-order chi connectivity index (χ0) is 19.3. The summed E-state index contributed by atoms with van der Waals surface area (Å²) in [6.45, 7) is 4.56. The highest BCUT2D eigenvalue weighted by Crippen LogP contribution is 2.61. The third-order valence-corrected chi connectivity index (χ3v) is 6.91. The van der Waals surface area contributed by atoms with Crippen LogP contribution >= 0.6 is 15.9 Å². The molecule has 1 amide bonds. The monoisotopic (exact) mass is 433 g/mol. The van der Waals surface area contributed by atoms with Crippen molar-refractivity contribution in [2.75, 3.05) is 10.6 Å². The SMILES string of the molecule is Cn1cc(Nc2ncc(Br)c(N[C@H]3[C@@H](C(N)=O)C[C@H]4C[C@@H]3C4(C)C)n2)cn1. The fourth-order valence-electron chi connectivity index (χ4n) is 4.59. The van der Waals surface area contributed by atoms with E-state index >= 15 is 0 Å². The van der Waals surface area contributed by atoms with Crippen LogP contribution in [0, 0.1) is 23.2 Å². The lowest BCUT2D eigenvalue weighted by molar-refractivity contribution is -0.139. The van der Waals surface area contributed by atoms with Crippen LogP contribution in [-0.4, -0.2) is 31.7 Å². The standard InChI is InChI=1S/C18H24BrN7O/c1-18(2)9-4-11(15(20)27)14(12(18)5-9)24-16-13(19)7-21-17(25-16)23-10-6-22-26(3)8-10/h6-9,11-12,14H,4-5H2,1-3H3,(H2,20,27)(H2,21,23,24,25)/t9-,11-,12-,14-/m0/s1. The van der Waals surface area contributed by atoms with Crippen molar-refractivity contribution in [3.05, 3.63) is 23.1 Å². The fourth-order valence-corrected chi connectivity index (χ4v) is 4.90. The lowest BCUT2D eigenvalue weighted by atomic mass is 9.45. The number of aryl methyl sites for hydroxylation is 1. The third kappa shape index (κ3) is 3.18. The normalized spacial score (nSPS) is 28.3. The van der Waals surface area contributed by atoms with E-state index in [1.165, 1.54) is 0 Å². The second-order valence-electron chi connectivity index (χ2n) is 8.19. The van der Waals surface area contributed by atoms with E-state index in [2.05, 4.69) is 55.5 Å². The summed E-state index contributed by atoms with van der Waals surface area (Å²) in [5.74, 6) is 1.66. The van der Waals surface area contributed by atoms with E-state index < -0.39 is 0 Å². The van der Waals surface area contributed by atoms with E-state index in [1.807, 2.05) is 13.2 Å². The Morgan fingerprint density at radius 2 is 2.15 bits per heavy atom. The summed E-state index contributed by atoms with van der Waals surface area (Å²) in [6, 6.07) is -0.0278. The molecule has 0 spiro atoms. The Bertz CT molecular complexity index is 880. The molecule has 2 heterocycles. The van der Waals surface area contributed by atoms with Gasteiger partial charge in [-0.2, -0.15) is 10.1 Å². The molecule has 27 heavy (non-hydrogen) atoms. The Morgan fingerprint density at radius 1 is 1.37 bits per heavy atom. The van der Waals surface area contributed by atoms with Crippen molar-refractivity contribution in [3.8, 4) is 0 Å². The molecule has 3 fully saturated rings. The van der Waals surface area contributed by atoms with E-state index in [9.17, 15) is 4.79 Å². The van der Waals surface area contributed by atoms with Gasteiger partial charge in [0.2, 0.25) is 11.9 Å². The van der Waals surface area contributed by atoms with Crippen molar-refractivity contribution in [1.29, 1.82) is 0 Å². The number of fused-ring (bicyclic) bond motifs is 2. The van der Waals surface area contributed by atoms with Crippen LogP contribution in [0.2, 0.25) is 0 Å². The fraction of sp³-hybridized carbons (Fsp3) is 0.556. The molecule has 8 nitrogen and oxygen atoms in total. The highest BCUT2D eigenvalue weighted by Gasteiger charge is 2.59. The molecule has 2 aromatic heterocycles. The van der Waals surface area contributed by atoms with Crippen LogP contribution in [-0.2, 0) is 11.8 Å². The Hall–Kier alpha value is -2.16. The summed E-state index contributed by atoms with van der Waals surface area (Å²) >= 11 is 3.52. The summed E-state index contributed by atoms with van der Waals surface area (Å²) in [5.41, 5.74) is 6.73. The topological polar surface area (TPSA) is 111 Å². The molecule has 0 aromatic carbocycles. The van der Waals surface area contributed by atoms with E-state index in [0.717, 1.165) is 23.0 Å². The van der Waals surface area contributed by atoms with E-state index in [4.69, 9.17) is 5.73 Å². The number of anilines is 3. The lowest BCUT2D eigenvalue weighted by Gasteiger charge is -2.62. The van der Waals surface area contributed by atoms with E-state index in [-0.39, 0.29) is 23.3 Å². The maximum absolute atomic E-state index is 12.0. The first-order valence-corrected chi connectivity index (χ1v) is 9.89. The zero-order valence-corrected chi connectivity index (χ0v) is 17.2. The number of hydrogen-bond donors (Lipinski definition) is 3. The number of nitrogens with two attached hydrogens (primary N) is 1. The molecular formula is C18H24BrN7O. The molecule has 2 bridgehead atoms. The van der Waals surface area contributed by atoms with Gasteiger partial charge in [0, 0.05) is 25.5 Å². The van der Waals surface area contributed by atoms with Crippen LogP contribution in [0.4, 0.5) is 17.5 Å². The maximum atomic E-state index is 12.0. The Labute approximate surface area is 166 Å². The Balaban J connectivity index is 1.58. The molecule has 0 aliphatic heterocycles. The summed E-state index contributed by atoms with van der Waals surface area (Å²) in [4.78, 5) is 20.9. The van der Waals surface area contributed by atoms with Crippen molar-refractivity contribution in [1.82, 2.24) is 19.7 Å². The highest BCUT2D eigenvalue weighted by molar-refractivity contribution is 9.10. The predicted octanol–water partition coefficient (Wildman–Crippen LogP) is 2.66. The first-order valence-electron chi connectivity index (χ1n) is 9.09. The second-order valence-corrected chi connectivity index (χ2v) is 9.05. The smallest absolute Gasteiger partial charge is 0.229 e. The quantitative estimate of drug-likeness (QED) is 0.668. The Kier molecular flexibility index (Phi) is 4.37. The van der Waals surface area contributed by atoms with Crippen LogP contribution in [0.3, 0.4) is 0 Å². The van der Waals surface area contributed by atoms with Crippen LogP contribution < -0.4 is 16.4 Å². The number of nitrogens with zero attached hydrogens (tertiary/aromatic N) is 4. The molecule has 2 aromatic rings. The number of hydrogen-bond acceptors (Lipinski definition) is 6. The number of halogens is 1. The van der Waals surface area contributed by atoms with Gasteiger partial charge in [-0.3, -0.25) is 9.48 Å². The molecule has 0 saturated heterocycles. The van der Waals surface area contributed by atoms with Crippen LogP contribution in [0.5, 0.6) is 0 Å². The summed E-state index contributed by atoms with van der Waals surface area (Å²) in [5, 5.41) is 10.8. The van der Waals surface area contributed by atoms with Gasteiger partial charge in [-0.15, -0.1) is 0 Å². The molecular weight excluding hydrogens is 410 g/mol. The lowest BCUT2D eigenvalue weighted by Crippen LogP contribution is -2.62. The van der Waals surface area contributed by atoms with Gasteiger partial charge < -0.3 is 16.4 Å². The van der Waals surface area contributed by atoms with Gasteiger partial charge in [-0.25, -0.2) is 4.98 Å². The number of nitrogens with one attached hydrogen (secondary N) is 2. The minimum Gasteiger partial charge on any atom is -0.369 e. The number of carbonyl (C=O) groups excluding carboxylic acids is 1. The minimum absolute atomic E-state index is 0.0278. The van der Waals surface area contributed by atoms with Crippen LogP contribution in [0.1, 0.15) is 26.7 Å². The van der Waals surface area contributed by atoms with Gasteiger partial charge in [0.1, 0.15) is 5.82 Å². The molecule has 0 unspecified atom stereocenters. The van der Waals surface area contributed by atoms with Gasteiger partial charge in [-0.05, 0) is 46.0 Å². The van der Waals surface area contributed by atoms with E-state index in [1.54, 1.807) is 17.1 Å². The molecule has 5 rings (SSSR count). The third-order valence-electron chi connectivity index (χ3n) is 6.33. The molecule has 144 valence electrons. The minimum atomic E-state index is -0.239. The molecule has 3 saturated carbocycles. The summed E-state index contributed by atoms with van der Waals surface area (Å²) in [6.07, 6.45) is 7.21. The maximum Gasteiger partial charge on any atom is 0.229 e. The number of rotatable bonds is 5. The molecule has 4 N–H and O–H groups in total. The molecule has 4 atom stereocenters. The van der Waals surface area contributed by atoms with Crippen LogP contribution in [0.15, 0.2) is 23.1 Å². The number of aromatic nitrogens is 4. The summed E-state index contributed by atoms with van der Waals surface area (Å²) in [7, 11) is 1.85. The average molecular weight is 434 g/mol. The van der Waals surface area contributed by atoms with Gasteiger partial charge in [0.15, 0.2) is 0 Å². The highest BCUT2D eigenvalue weighted by atomic mass is 79.9. The first-order chi connectivity index (χ1) is 12.8. The predicted molar refractivity (Wildman–Crippen MR) is 106 cm³/mol. The Morgan fingerprint density at radius 3 is 2.78 bits per heavy atom. The van der Waals surface area contributed by atoms with Gasteiger partial charge in [-0.1, -0.05) is 13.8 Å². The molecule has 3 aliphatic carbocycles. The van der Waals surface area contributed by atoms with Crippen molar-refractivity contribution in [2.24, 2.45) is 36.0 Å². The molecule has 3 aliphatic rings. The van der Waals surface area contributed by atoms with Gasteiger partial charge >= 0.3 is 0 Å². The van der Waals surface area contributed by atoms with Crippen molar-refractivity contribution >= 4 is 39.3 Å². The second kappa shape index (κ2) is 6.47. The van der Waals surface area contributed by atoms with Crippen molar-refractivity contribution in [2.45, 2.75) is 32.7 Å². The first kappa shape index (κ1) is 18.2. The van der Waals surface area contributed by atoms with Gasteiger partial charge in [0.05, 0.1) is 22.3 Å². The van der Waals surface area contributed by atoms with E-state index in [0.29, 0.717) is 23.6 Å².